The maximum atomic E-state index is 12.9. The molecule has 8 nitrogen and oxygen atoms in total. The Hall–Kier alpha value is -2.91. The number of carbonyl (C=O) groups is 2. The summed E-state index contributed by atoms with van der Waals surface area (Å²) >= 11 is 0. The van der Waals surface area contributed by atoms with E-state index in [1.807, 2.05) is 0 Å². The number of sulfonamides is 1. The smallest absolute Gasteiger partial charge is 0.338 e. The Morgan fingerprint density at radius 3 is 2.16 bits per heavy atom. The number of piperazine rings is 1. The number of amides is 1. The van der Waals surface area contributed by atoms with E-state index in [0.29, 0.717) is 18.8 Å². The second-order valence-corrected chi connectivity index (χ2v) is 9.61. The van der Waals surface area contributed by atoms with Crippen molar-refractivity contribution in [1.29, 1.82) is 0 Å². The predicted molar refractivity (Wildman–Crippen MR) is 122 cm³/mol. The summed E-state index contributed by atoms with van der Waals surface area (Å²) in [5.74, 6) is -0.892. The van der Waals surface area contributed by atoms with Gasteiger partial charge in [-0.2, -0.15) is 0 Å². The molecule has 9 heteroatoms. The van der Waals surface area contributed by atoms with Gasteiger partial charge >= 0.3 is 5.97 Å². The largest absolute Gasteiger partial charge is 0.449 e. The zero-order valence-corrected chi connectivity index (χ0v) is 19.4. The molecule has 1 heterocycles. The Morgan fingerprint density at radius 2 is 1.59 bits per heavy atom. The Bertz CT molecular complexity index is 1030. The van der Waals surface area contributed by atoms with E-state index in [0.717, 1.165) is 19.6 Å². The number of benzene rings is 2. The number of esters is 1. The zero-order chi connectivity index (χ0) is 23.3. The minimum absolute atomic E-state index is 0.0540. The SMILES string of the molecule is CCN1CCN(C(=O)[C@@H](C)OC(=O)c2ccc(S(=O)(=O)N(C)c3ccccc3)cc2)CC1. The van der Waals surface area contributed by atoms with Gasteiger partial charge in [0.15, 0.2) is 6.10 Å². The van der Waals surface area contributed by atoms with Crippen molar-refractivity contribution in [2.75, 3.05) is 44.1 Å². The molecule has 0 spiro atoms. The summed E-state index contributed by atoms with van der Waals surface area (Å²) in [5.41, 5.74) is 0.713. The van der Waals surface area contributed by atoms with E-state index in [-0.39, 0.29) is 16.4 Å². The Kier molecular flexibility index (Phi) is 7.52. The summed E-state index contributed by atoms with van der Waals surface area (Å²) in [4.78, 5) is 29.1. The minimum atomic E-state index is -3.78. The van der Waals surface area contributed by atoms with Crippen LogP contribution in [0.2, 0.25) is 0 Å². The molecule has 0 unspecified atom stereocenters. The van der Waals surface area contributed by atoms with Gasteiger partial charge in [0, 0.05) is 33.2 Å². The van der Waals surface area contributed by atoms with Gasteiger partial charge < -0.3 is 14.5 Å². The lowest BCUT2D eigenvalue weighted by molar-refractivity contribution is -0.141. The fourth-order valence-corrected chi connectivity index (χ4v) is 4.71. The first-order valence-electron chi connectivity index (χ1n) is 10.6. The molecule has 0 bridgehead atoms. The van der Waals surface area contributed by atoms with Gasteiger partial charge in [-0.1, -0.05) is 25.1 Å². The van der Waals surface area contributed by atoms with Gasteiger partial charge in [-0.05, 0) is 49.9 Å². The van der Waals surface area contributed by atoms with Crippen LogP contribution < -0.4 is 4.31 Å². The van der Waals surface area contributed by atoms with Crippen LogP contribution >= 0.6 is 0 Å². The first-order valence-corrected chi connectivity index (χ1v) is 12.0. The fourth-order valence-electron chi connectivity index (χ4n) is 3.52. The quantitative estimate of drug-likeness (QED) is 0.590. The Labute approximate surface area is 189 Å². The summed E-state index contributed by atoms with van der Waals surface area (Å²) in [5, 5.41) is 0. The normalized spacial score (nSPS) is 15.8. The fraction of sp³-hybridized carbons (Fsp3) is 0.391. The molecule has 1 aliphatic rings. The molecule has 2 aromatic carbocycles. The van der Waals surface area contributed by atoms with Crippen LogP contribution in [0.25, 0.3) is 0 Å². The van der Waals surface area contributed by atoms with E-state index in [9.17, 15) is 18.0 Å². The first-order chi connectivity index (χ1) is 15.2. The van der Waals surface area contributed by atoms with Crippen LogP contribution in [-0.2, 0) is 19.6 Å². The van der Waals surface area contributed by atoms with E-state index in [1.54, 1.807) is 42.2 Å². The predicted octanol–water partition coefficient (Wildman–Crippen LogP) is 2.22. The average molecular weight is 460 g/mol. The van der Waals surface area contributed by atoms with Crippen LogP contribution in [0.5, 0.6) is 0 Å². The highest BCUT2D eigenvalue weighted by Gasteiger charge is 2.27. The number of anilines is 1. The third-order valence-electron chi connectivity index (χ3n) is 5.63. The molecule has 0 aromatic heterocycles. The summed E-state index contributed by atoms with van der Waals surface area (Å²) in [6.45, 7) is 7.40. The van der Waals surface area contributed by atoms with Crippen molar-refractivity contribution in [3.8, 4) is 0 Å². The van der Waals surface area contributed by atoms with Crippen molar-refractivity contribution in [2.45, 2.75) is 24.8 Å². The minimum Gasteiger partial charge on any atom is -0.449 e. The van der Waals surface area contributed by atoms with Gasteiger partial charge in [0.25, 0.3) is 15.9 Å². The Morgan fingerprint density at radius 1 is 1.00 bits per heavy atom. The van der Waals surface area contributed by atoms with Crippen molar-refractivity contribution in [2.24, 2.45) is 0 Å². The summed E-state index contributed by atoms with van der Waals surface area (Å²) in [6.07, 6.45) is -0.914. The number of likely N-dealkylation sites (N-methyl/N-ethyl adjacent to an activating group) is 1. The maximum absolute atomic E-state index is 12.9. The molecule has 172 valence electrons. The number of ether oxygens (including phenoxy) is 1. The highest BCUT2D eigenvalue weighted by atomic mass is 32.2. The van der Waals surface area contributed by atoms with Crippen LogP contribution in [0.15, 0.2) is 59.5 Å². The van der Waals surface area contributed by atoms with Crippen molar-refractivity contribution in [3.63, 3.8) is 0 Å². The zero-order valence-electron chi connectivity index (χ0n) is 18.6. The van der Waals surface area contributed by atoms with E-state index in [4.69, 9.17) is 4.74 Å². The second-order valence-electron chi connectivity index (χ2n) is 7.64. The van der Waals surface area contributed by atoms with Crippen molar-refractivity contribution >= 4 is 27.6 Å². The molecule has 1 atom stereocenters. The number of para-hydroxylation sites is 1. The van der Waals surface area contributed by atoms with E-state index in [1.165, 1.54) is 35.6 Å². The van der Waals surface area contributed by atoms with E-state index < -0.39 is 22.1 Å². The number of hydrogen-bond acceptors (Lipinski definition) is 6. The average Bonchev–Trinajstić information content (AvgIpc) is 2.83. The number of hydrogen-bond donors (Lipinski definition) is 0. The van der Waals surface area contributed by atoms with Crippen LogP contribution in [-0.4, -0.2) is 76.0 Å². The van der Waals surface area contributed by atoms with Crippen molar-refractivity contribution in [1.82, 2.24) is 9.80 Å². The Balaban J connectivity index is 1.63. The third-order valence-corrected chi connectivity index (χ3v) is 7.43. The molecule has 0 aliphatic carbocycles. The summed E-state index contributed by atoms with van der Waals surface area (Å²) in [6, 6.07) is 14.2. The lowest BCUT2D eigenvalue weighted by Crippen LogP contribution is -2.51. The molecule has 32 heavy (non-hydrogen) atoms. The van der Waals surface area contributed by atoms with E-state index >= 15 is 0 Å². The van der Waals surface area contributed by atoms with Crippen LogP contribution in [0, 0.1) is 0 Å². The summed E-state index contributed by atoms with van der Waals surface area (Å²) < 4.78 is 32.2. The molecule has 1 aliphatic heterocycles. The number of nitrogens with zero attached hydrogens (tertiary/aromatic N) is 3. The molecule has 3 rings (SSSR count). The summed E-state index contributed by atoms with van der Waals surface area (Å²) in [7, 11) is -2.30. The van der Waals surface area contributed by atoms with E-state index in [2.05, 4.69) is 11.8 Å². The second kappa shape index (κ2) is 10.1. The molecule has 2 aromatic rings. The lowest BCUT2D eigenvalue weighted by atomic mass is 10.2. The topological polar surface area (TPSA) is 87.2 Å². The van der Waals surface area contributed by atoms with Crippen LogP contribution in [0.4, 0.5) is 5.69 Å². The molecule has 1 saturated heterocycles. The van der Waals surface area contributed by atoms with Crippen molar-refractivity contribution in [3.05, 3.63) is 60.2 Å². The molecular weight excluding hydrogens is 430 g/mol. The monoisotopic (exact) mass is 459 g/mol. The molecule has 1 amide bonds. The van der Waals surface area contributed by atoms with Crippen LogP contribution in [0.1, 0.15) is 24.2 Å². The molecule has 1 fully saturated rings. The molecule has 0 N–H and O–H groups in total. The van der Waals surface area contributed by atoms with Crippen molar-refractivity contribution < 1.29 is 22.7 Å². The number of carbonyl (C=O) groups excluding carboxylic acids is 2. The molecule has 0 radical (unpaired) electrons. The standard InChI is InChI=1S/C23H29N3O5S/c1-4-25-14-16-26(17-15-25)22(27)18(2)31-23(28)19-10-12-21(13-11-19)32(29,30)24(3)20-8-6-5-7-9-20/h5-13,18H,4,14-17H2,1-3H3/t18-/m1/s1. The van der Waals surface area contributed by atoms with Gasteiger partial charge in [-0.3, -0.25) is 9.10 Å². The third kappa shape index (κ3) is 5.28. The van der Waals surface area contributed by atoms with Gasteiger partial charge in [-0.25, -0.2) is 13.2 Å². The van der Waals surface area contributed by atoms with Gasteiger partial charge in [0.05, 0.1) is 16.1 Å². The van der Waals surface area contributed by atoms with Crippen LogP contribution in [0.3, 0.4) is 0 Å². The molecular formula is C23H29N3O5S. The highest BCUT2D eigenvalue weighted by molar-refractivity contribution is 7.92. The molecule has 0 saturated carbocycles. The lowest BCUT2D eigenvalue weighted by Gasteiger charge is -2.35. The van der Waals surface area contributed by atoms with Gasteiger partial charge in [-0.15, -0.1) is 0 Å². The van der Waals surface area contributed by atoms with Gasteiger partial charge in [0.2, 0.25) is 0 Å². The first kappa shape index (κ1) is 23.7. The highest BCUT2D eigenvalue weighted by Crippen LogP contribution is 2.22. The number of rotatable bonds is 7. The van der Waals surface area contributed by atoms with Gasteiger partial charge in [0.1, 0.15) is 0 Å². The maximum Gasteiger partial charge on any atom is 0.338 e.